The summed E-state index contributed by atoms with van der Waals surface area (Å²) in [6.07, 6.45) is 0. The molecule has 0 aliphatic carbocycles. The fourth-order valence-electron chi connectivity index (χ4n) is 2.22. The van der Waals surface area contributed by atoms with Gasteiger partial charge in [0.2, 0.25) is 0 Å². The number of aliphatic carboxylic acids is 1. The maximum Gasteiger partial charge on any atom is 0.312 e. The summed E-state index contributed by atoms with van der Waals surface area (Å²) in [5.41, 5.74) is 1.97. The van der Waals surface area contributed by atoms with Crippen molar-refractivity contribution < 1.29 is 19.4 Å². The highest BCUT2D eigenvalue weighted by Crippen LogP contribution is 2.34. The molecule has 0 radical (unpaired) electrons. The topological polar surface area (TPSA) is 68.7 Å². The minimum atomic E-state index is -0.901. The van der Waals surface area contributed by atoms with Crippen molar-refractivity contribution in [3.05, 3.63) is 29.5 Å². The number of carbonyl (C=O) groups is 1. The zero-order chi connectivity index (χ0) is 14.9. The average molecular weight is 275 g/mol. The number of hydrogen-bond donors (Lipinski definition) is 1. The van der Waals surface area contributed by atoms with Gasteiger partial charge in [0.05, 0.1) is 25.8 Å². The molecular weight excluding hydrogens is 258 g/mol. The number of aryl methyl sites for hydroxylation is 1. The summed E-state index contributed by atoms with van der Waals surface area (Å²) in [5, 5.41) is 9.97. The molecule has 0 bridgehead atoms. The number of hydrogen-bond acceptors (Lipinski definition) is 4. The number of carboxylic acid groups (broad SMARTS) is 1. The van der Waals surface area contributed by atoms with Gasteiger partial charge in [-0.2, -0.15) is 0 Å². The zero-order valence-corrected chi connectivity index (χ0v) is 11.9. The van der Waals surface area contributed by atoms with E-state index in [1.165, 1.54) is 0 Å². The number of benzene rings is 1. The third-order valence-electron chi connectivity index (χ3n) is 3.36. The molecule has 0 fully saturated rings. The minimum absolute atomic E-state index is 0.538. The van der Waals surface area contributed by atoms with E-state index in [1.54, 1.807) is 27.2 Å². The van der Waals surface area contributed by atoms with E-state index in [2.05, 4.69) is 4.98 Å². The van der Waals surface area contributed by atoms with Gasteiger partial charge in [-0.1, -0.05) is 0 Å². The molecule has 0 amide bonds. The van der Waals surface area contributed by atoms with Gasteiger partial charge in [0.15, 0.2) is 0 Å². The highest BCUT2D eigenvalue weighted by atomic mass is 16.5. The molecule has 2 aromatic rings. The van der Waals surface area contributed by atoms with Crippen molar-refractivity contribution in [2.24, 2.45) is 0 Å². The quantitative estimate of drug-likeness (QED) is 0.929. The highest BCUT2D eigenvalue weighted by molar-refractivity contribution is 5.91. The molecule has 2 rings (SSSR count). The number of carboxylic acids is 1. The van der Waals surface area contributed by atoms with Gasteiger partial charge >= 0.3 is 5.97 Å². The van der Waals surface area contributed by atoms with Crippen LogP contribution >= 0.6 is 0 Å². The summed E-state index contributed by atoms with van der Waals surface area (Å²) in [5.74, 6) is -0.289. The van der Waals surface area contributed by atoms with Crippen molar-refractivity contribution >= 4 is 16.9 Å². The maximum atomic E-state index is 11.2. The van der Waals surface area contributed by atoms with Crippen LogP contribution in [-0.4, -0.2) is 30.3 Å². The van der Waals surface area contributed by atoms with Crippen LogP contribution in [0.1, 0.15) is 24.1 Å². The number of rotatable bonds is 4. The Morgan fingerprint density at radius 2 is 1.85 bits per heavy atom. The number of pyridine rings is 1. The molecule has 0 saturated heterocycles. The number of methoxy groups -OCH3 is 2. The van der Waals surface area contributed by atoms with E-state index in [0.29, 0.717) is 22.7 Å². The van der Waals surface area contributed by atoms with Crippen molar-refractivity contribution in [2.45, 2.75) is 19.8 Å². The molecule has 20 heavy (non-hydrogen) atoms. The Morgan fingerprint density at radius 3 is 2.40 bits per heavy atom. The fraction of sp³-hybridized carbons (Fsp3) is 0.333. The molecule has 0 spiro atoms. The van der Waals surface area contributed by atoms with E-state index < -0.39 is 11.9 Å². The lowest BCUT2D eigenvalue weighted by Gasteiger charge is -2.14. The fourth-order valence-corrected chi connectivity index (χ4v) is 2.22. The van der Waals surface area contributed by atoms with Crippen molar-refractivity contribution in [2.75, 3.05) is 14.2 Å². The summed E-state index contributed by atoms with van der Waals surface area (Å²) in [6, 6.07) is 5.46. The first-order chi connectivity index (χ1) is 9.49. The smallest absolute Gasteiger partial charge is 0.312 e. The van der Waals surface area contributed by atoms with E-state index in [-0.39, 0.29) is 0 Å². The number of aromatic nitrogens is 1. The summed E-state index contributed by atoms with van der Waals surface area (Å²) < 4.78 is 10.6. The maximum absolute atomic E-state index is 11.2. The Morgan fingerprint density at radius 1 is 1.25 bits per heavy atom. The van der Waals surface area contributed by atoms with E-state index in [0.717, 1.165) is 10.9 Å². The summed E-state index contributed by atoms with van der Waals surface area (Å²) in [4.78, 5) is 15.7. The van der Waals surface area contributed by atoms with Crippen LogP contribution in [0.2, 0.25) is 0 Å². The van der Waals surface area contributed by atoms with Crippen molar-refractivity contribution in [3.63, 3.8) is 0 Å². The molecule has 1 unspecified atom stereocenters. The lowest BCUT2D eigenvalue weighted by molar-refractivity contribution is -0.138. The summed E-state index contributed by atoms with van der Waals surface area (Å²) in [7, 11) is 3.15. The normalized spacial score (nSPS) is 12.2. The Hall–Kier alpha value is -2.30. The number of fused-ring (bicyclic) bond motifs is 1. The Balaban J connectivity index is 2.77. The highest BCUT2D eigenvalue weighted by Gasteiger charge is 2.20. The molecule has 1 atom stereocenters. The lowest BCUT2D eigenvalue weighted by atomic mass is 10.0. The van der Waals surface area contributed by atoms with E-state index in [9.17, 15) is 4.79 Å². The van der Waals surface area contributed by atoms with Crippen LogP contribution in [0.3, 0.4) is 0 Å². The van der Waals surface area contributed by atoms with Gasteiger partial charge in [-0.3, -0.25) is 4.79 Å². The second-order valence-corrected chi connectivity index (χ2v) is 4.62. The van der Waals surface area contributed by atoms with Crippen LogP contribution in [0, 0.1) is 6.92 Å². The first kappa shape index (κ1) is 14.1. The predicted molar refractivity (Wildman–Crippen MR) is 75.6 cm³/mol. The van der Waals surface area contributed by atoms with Gasteiger partial charge in [-0.05, 0) is 37.6 Å². The summed E-state index contributed by atoms with van der Waals surface area (Å²) >= 11 is 0. The molecule has 5 heteroatoms. The number of ether oxygens (including phenoxy) is 2. The second kappa shape index (κ2) is 5.36. The standard InChI is InChI=1S/C15H17NO4/c1-8-7-10-11(19-3)5-6-12(20-4)14(10)16-13(8)9(2)15(17)18/h5-7,9H,1-4H3,(H,17,18). The third-order valence-corrected chi connectivity index (χ3v) is 3.36. The van der Waals surface area contributed by atoms with Crippen LogP contribution in [-0.2, 0) is 4.79 Å². The average Bonchev–Trinajstić information content (AvgIpc) is 2.44. The van der Waals surface area contributed by atoms with Crippen LogP contribution in [0.4, 0.5) is 0 Å². The Kier molecular flexibility index (Phi) is 3.79. The van der Waals surface area contributed by atoms with Gasteiger partial charge < -0.3 is 14.6 Å². The van der Waals surface area contributed by atoms with E-state index >= 15 is 0 Å². The van der Waals surface area contributed by atoms with Gasteiger partial charge in [0, 0.05) is 5.39 Å². The molecule has 0 saturated carbocycles. The van der Waals surface area contributed by atoms with E-state index in [1.807, 2.05) is 19.1 Å². The zero-order valence-electron chi connectivity index (χ0n) is 11.9. The summed E-state index contributed by atoms with van der Waals surface area (Å²) in [6.45, 7) is 3.47. The van der Waals surface area contributed by atoms with Crippen molar-refractivity contribution in [1.29, 1.82) is 0 Å². The number of nitrogens with zero attached hydrogens (tertiary/aromatic N) is 1. The first-order valence-corrected chi connectivity index (χ1v) is 6.24. The molecule has 1 N–H and O–H groups in total. The predicted octanol–water partition coefficient (Wildman–Crippen LogP) is 2.75. The van der Waals surface area contributed by atoms with Gasteiger partial charge in [0.1, 0.15) is 17.0 Å². The first-order valence-electron chi connectivity index (χ1n) is 6.24. The Bertz CT molecular complexity index is 666. The largest absolute Gasteiger partial charge is 0.496 e. The molecule has 0 aliphatic heterocycles. The molecule has 1 heterocycles. The van der Waals surface area contributed by atoms with Crippen molar-refractivity contribution in [1.82, 2.24) is 4.98 Å². The van der Waals surface area contributed by atoms with Crippen LogP contribution in [0.15, 0.2) is 18.2 Å². The molecule has 1 aromatic heterocycles. The van der Waals surface area contributed by atoms with Crippen LogP contribution in [0.25, 0.3) is 10.9 Å². The van der Waals surface area contributed by atoms with Crippen molar-refractivity contribution in [3.8, 4) is 11.5 Å². The van der Waals surface area contributed by atoms with Crippen LogP contribution < -0.4 is 9.47 Å². The SMILES string of the molecule is COc1ccc(OC)c2nc(C(C)C(=O)O)c(C)cc12. The molecular formula is C15H17NO4. The molecule has 106 valence electrons. The third kappa shape index (κ3) is 2.27. The van der Waals surface area contributed by atoms with Gasteiger partial charge in [-0.25, -0.2) is 4.98 Å². The molecule has 1 aromatic carbocycles. The van der Waals surface area contributed by atoms with Gasteiger partial charge in [-0.15, -0.1) is 0 Å². The second-order valence-electron chi connectivity index (χ2n) is 4.62. The van der Waals surface area contributed by atoms with Crippen LogP contribution in [0.5, 0.6) is 11.5 Å². The Labute approximate surface area is 117 Å². The van der Waals surface area contributed by atoms with Gasteiger partial charge in [0.25, 0.3) is 0 Å². The monoisotopic (exact) mass is 275 g/mol. The molecule has 5 nitrogen and oxygen atoms in total. The van der Waals surface area contributed by atoms with E-state index in [4.69, 9.17) is 14.6 Å². The minimum Gasteiger partial charge on any atom is -0.496 e. The lowest BCUT2D eigenvalue weighted by Crippen LogP contribution is -2.11. The molecule has 0 aliphatic rings.